The number of rotatable bonds is 7. The van der Waals surface area contributed by atoms with Crippen molar-refractivity contribution in [1.82, 2.24) is 14.1 Å². The molecule has 0 bridgehead atoms. The molecule has 0 spiro atoms. The van der Waals surface area contributed by atoms with E-state index in [1.54, 1.807) is 16.4 Å². The van der Waals surface area contributed by atoms with Crippen molar-refractivity contribution in [2.45, 2.75) is 50.6 Å². The van der Waals surface area contributed by atoms with Gasteiger partial charge in [0.05, 0.1) is 4.90 Å². The average Bonchev–Trinajstić information content (AvgIpc) is 2.86. The highest BCUT2D eigenvalue weighted by atomic mass is 32.2. The lowest BCUT2D eigenvalue weighted by Gasteiger charge is -2.34. The Morgan fingerprint density at radius 2 is 1.56 bits per heavy atom. The molecule has 1 unspecified atom stereocenters. The number of amides is 1. The molecule has 4 rings (SSSR count). The number of piperidine rings is 1. The molecule has 0 radical (unpaired) electrons. The highest BCUT2D eigenvalue weighted by molar-refractivity contribution is 7.89. The fourth-order valence-corrected chi connectivity index (χ4v) is 6.46. The highest BCUT2D eigenvalue weighted by Crippen LogP contribution is 2.25. The fourth-order valence-electron chi connectivity index (χ4n) is 4.76. The number of likely N-dealkylation sites (N-methyl/N-ethyl adjacent to an activating group) is 1. The number of hydrogen-bond donors (Lipinski definition) is 1. The number of sulfonamides is 1. The molecule has 2 aromatic carbocycles. The second-order valence-electron chi connectivity index (χ2n) is 9.35. The SMILES string of the molecule is CCN1CCN(Cc2ccc(NC(=O)c3ccc(S(=O)(=O)N4CCCCC4C)cc3)cc2)CC1. The van der Waals surface area contributed by atoms with E-state index in [0.29, 0.717) is 12.1 Å². The molecule has 7 nitrogen and oxygen atoms in total. The van der Waals surface area contributed by atoms with Crippen molar-refractivity contribution in [2.24, 2.45) is 0 Å². The minimum Gasteiger partial charge on any atom is -0.322 e. The summed E-state index contributed by atoms with van der Waals surface area (Å²) < 4.78 is 27.6. The van der Waals surface area contributed by atoms with Gasteiger partial charge in [-0.15, -0.1) is 0 Å². The van der Waals surface area contributed by atoms with Gasteiger partial charge in [0.1, 0.15) is 0 Å². The van der Waals surface area contributed by atoms with Crippen LogP contribution in [-0.2, 0) is 16.6 Å². The van der Waals surface area contributed by atoms with E-state index in [0.717, 1.165) is 64.2 Å². The van der Waals surface area contributed by atoms with Crippen molar-refractivity contribution in [3.05, 3.63) is 59.7 Å². The Morgan fingerprint density at radius 1 is 0.912 bits per heavy atom. The van der Waals surface area contributed by atoms with Gasteiger partial charge in [-0.1, -0.05) is 25.5 Å². The number of carbonyl (C=O) groups is 1. The van der Waals surface area contributed by atoms with Crippen LogP contribution in [0.15, 0.2) is 53.4 Å². The van der Waals surface area contributed by atoms with Crippen molar-refractivity contribution in [2.75, 3.05) is 44.6 Å². The van der Waals surface area contributed by atoms with Crippen LogP contribution in [0.4, 0.5) is 5.69 Å². The first-order valence-electron chi connectivity index (χ1n) is 12.3. The molecule has 1 amide bonds. The van der Waals surface area contributed by atoms with Crippen LogP contribution >= 0.6 is 0 Å². The van der Waals surface area contributed by atoms with Gasteiger partial charge in [-0.2, -0.15) is 4.31 Å². The summed E-state index contributed by atoms with van der Waals surface area (Å²) in [6.07, 6.45) is 2.83. The molecule has 1 N–H and O–H groups in total. The molecule has 0 aliphatic carbocycles. The standard InChI is InChI=1S/C26H36N4O3S/c1-3-28-16-18-29(19-17-28)20-22-7-11-24(12-8-22)27-26(31)23-9-13-25(14-10-23)34(32,33)30-15-5-4-6-21(30)2/h7-14,21H,3-6,15-20H2,1-2H3,(H,27,31). The number of anilines is 1. The average molecular weight is 485 g/mol. The molecule has 2 fully saturated rings. The van der Waals surface area contributed by atoms with Crippen LogP contribution in [0.1, 0.15) is 49.0 Å². The maximum atomic E-state index is 13.0. The lowest BCUT2D eigenvalue weighted by Crippen LogP contribution is -2.45. The first kappa shape index (κ1) is 24.9. The van der Waals surface area contributed by atoms with E-state index in [-0.39, 0.29) is 16.8 Å². The molecule has 2 aliphatic heterocycles. The number of hydrogen-bond acceptors (Lipinski definition) is 5. The Labute approximate surface area is 203 Å². The first-order valence-corrected chi connectivity index (χ1v) is 13.8. The minimum absolute atomic E-state index is 0.00523. The number of nitrogens with one attached hydrogen (secondary N) is 1. The Hall–Kier alpha value is -2.26. The zero-order valence-corrected chi connectivity index (χ0v) is 21.1. The van der Waals surface area contributed by atoms with Crippen molar-refractivity contribution in [1.29, 1.82) is 0 Å². The fraction of sp³-hybridized carbons (Fsp3) is 0.500. The van der Waals surface area contributed by atoms with E-state index in [1.807, 2.05) is 19.1 Å². The molecule has 34 heavy (non-hydrogen) atoms. The van der Waals surface area contributed by atoms with Crippen LogP contribution in [0.5, 0.6) is 0 Å². The van der Waals surface area contributed by atoms with Gasteiger partial charge < -0.3 is 10.2 Å². The number of nitrogens with zero attached hydrogens (tertiary/aromatic N) is 3. The lowest BCUT2D eigenvalue weighted by molar-refractivity contribution is 0.102. The number of carbonyl (C=O) groups excluding carboxylic acids is 1. The minimum atomic E-state index is -3.54. The van der Waals surface area contributed by atoms with Crippen LogP contribution in [0.3, 0.4) is 0 Å². The van der Waals surface area contributed by atoms with E-state index in [9.17, 15) is 13.2 Å². The zero-order chi connectivity index (χ0) is 24.1. The summed E-state index contributed by atoms with van der Waals surface area (Å²) in [7, 11) is -3.54. The predicted molar refractivity (Wildman–Crippen MR) is 135 cm³/mol. The van der Waals surface area contributed by atoms with Crippen LogP contribution in [0.2, 0.25) is 0 Å². The normalized spacial score (nSPS) is 20.8. The summed E-state index contributed by atoms with van der Waals surface area (Å²) >= 11 is 0. The third-order valence-corrected chi connectivity index (χ3v) is 9.02. The summed E-state index contributed by atoms with van der Waals surface area (Å²) in [5, 5.41) is 2.91. The van der Waals surface area contributed by atoms with Gasteiger partial charge in [-0.3, -0.25) is 9.69 Å². The van der Waals surface area contributed by atoms with Crippen molar-refractivity contribution in [3.63, 3.8) is 0 Å². The summed E-state index contributed by atoms with van der Waals surface area (Å²) in [4.78, 5) is 17.9. The van der Waals surface area contributed by atoms with E-state index < -0.39 is 10.0 Å². The smallest absolute Gasteiger partial charge is 0.255 e. The Morgan fingerprint density at radius 3 is 2.18 bits per heavy atom. The Balaban J connectivity index is 1.34. The molecular formula is C26H36N4O3S. The van der Waals surface area contributed by atoms with Gasteiger partial charge >= 0.3 is 0 Å². The first-order chi connectivity index (χ1) is 16.4. The molecule has 2 aliphatic rings. The van der Waals surface area contributed by atoms with E-state index >= 15 is 0 Å². The van der Waals surface area contributed by atoms with Crippen LogP contribution in [0.25, 0.3) is 0 Å². The summed E-state index contributed by atoms with van der Waals surface area (Å²) in [5.41, 5.74) is 2.39. The Bertz CT molecular complexity index is 1060. The predicted octanol–water partition coefficient (Wildman–Crippen LogP) is 3.64. The van der Waals surface area contributed by atoms with Crippen molar-refractivity contribution >= 4 is 21.6 Å². The molecule has 8 heteroatoms. The van der Waals surface area contributed by atoms with Crippen LogP contribution in [-0.4, -0.2) is 73.7 Å². The highest BCUT2D eigenvalue weighted by Gasteiger charge is 2.30. The van der Waals surface area contributed by atoms with Gasteiger partial charge in [-0.05, 0) is 68.3 Å². The van der Waals surface area contributed by atoms with Gasteiger partial charge in [0, 0.05) is 56.6 Å². The molecular weight excluding hydrogens is 448 g/mol. The quantitative estimate of drug-likeness (QED) is 0.650. The van der Waals surface area contributed by atoms with E-state index in [2.05, 4.69) is 34.2 Å². The van der Waals surface area contributed by atoms with Crippen molar-refractivity contribution < 1.29 is 13.2 Å². The lowest BCUT2D eigenvalue weighted by atomic mass is 10.1. The zero-order valence-electron chi connectivity index (χ0n) is 20.2. The van der Waals surface area contributed by atoms with Crippen LogP contribution in [0, 0.1) is 0 Å². The monoisotopic (exact) mass is 484 g/mol. The number of benzene rings is 2. The Kier molecular flexibility index (Phi) is 8.03. The van der Waals surface area contributed by atoms with Crippen LogP contribution < -0.4 is 5.32 Å². The van der Waals surface area contributed by atoms with Crippen molar-refractivity contribution in [3.8, 4) is 0 Å². The molecule has 0 saturated carbocycles. The molecule has 2 saturated heterocycles. The van der Waals surface area contributed by atoms with Gasteiger partial charge in [-0.25, -0.2) is 8.42 Å². The largest absolute Gasteiger partial charge is 0.322 e. The summed E-state index contributed by atoms with van der Waals surface area (Å²) in [5.74, 6) is -0.251. The molecule has 2 aromatic rings. The molecule has 2 heterocycles. The third kappa shape index (κ3) is 5.86. The number of piperazine rings is 1. The van der Waals surface area contributed by atoms with Gasteiger partial charge in [0.15, 0.2) is 0 Å². The molecule has 184 valence electrons. The maximum Gasteiger partial charge on any atom is 0.255 e. The van der Waals surface area contributed by atoms with Gasteiger partial charge in [0.2, 0.25) is 10.0 Å². The molecule has 1 atom stereocenters. The topological polar surface area (TPSA) is 73.0 Å². The maximum absolute atomic E-state index is 13.0. The molecule has 0 aromatic heterocycles. The van der Waals surface area contributed by atoms with Gasteiger partial charge in [0.25, 0.3) is 5.91 Å². The third-order valence-electron chi connectivity index (χ3n) is 7.00. The summed E-state index contributed by atoms with van der Waals surface area (Å²) in [6, 6.07) is 14.2. The second-order valence-corrected chi connectivity index (χ2v) is 11.2. The van der Waals surface area contributed by atoms with E-state index in [4.69, 9.17) is 0 Å². The summed E-state index contributed by atoms with van der Waals surface area (Å²) in [6.45, 7) is 11.1. The van der Waals surface area contributed by atoms with E-state index in [1.165, 1.54) is 17.7 Å². The second kappa shape index (κ2) is 11.0.